The molecule has 3 heterocycles. The molecule has 0 saturated carbocycles. The van der Waals surface area contributed by atoms with Gasteiger partial charge in [-0.3, -0.25) is 0 Å². The van der Waals surface area contributed by atoms with Gasteiger partial charge < -0.3 is 19.7 Å². The predicted molar refractivity (Wildman–Crippen MR) is 112 cm³/mol. The van der Waals surface area contributed by atoms with Crippen LogP contribution in [0.1, 0.15) is 19.0 Å². The van der Waals surface area contributed by atoms with Crippen molar-refractivity contribution in [3.8, 4) is 11.8 Å². The molecule has 1 aromatic carbocycles. The first-order valence-corrected chi connectivity index (χ1v) is 9.60. The summed E-state index contributed by atoms with van der Waals surface area (Å²) in [6.45, 7) is 3.34. The first-order valence-electron chi connectivity index (χ1n) is 9.60. The highest BCUT2D eigenvalue weighted by molar-refractivity contribution is 5.54. The van der Waals surface area contributed by atoms with E-state index in [0.29, 0.717) is 23.7 Å². The molecule has 148 valence electrons. The van der Waals surface area contributed by atoms with Crippen LogP contribution in [0.3, 0.4) is 0 Å². The lowest BCUT2D eigenvalue weighted by molar-refractivity contribution is 0.311. The lowest BCUT2D eigenvalue weighted by Crippen LogP contribution is -2.32. The summed E-state index contributed by atoms with van der Waals surface area (Å²) in [5.41, 5.74) is 2.57. The Morgan fingerprint density at radius 2 is 1.83 bits per heavy atom. The zero-order valence-electron chi connectivity index (χ0n) is 16.8. The first kappa shape index (κ1) is 18.9. The molecule has 1 aliphatic heterocycles. The van der Waals surface area contributed by atoms with E-state index in [4.69, 9.17) is 5.26 Å². The second-order valence-electron chi connectivity index (χ2n) is 7.56. The fourth-order valence-corrected chi connectivity index (χ4v) is 3.66. The smallest absolute Gasteiger partial charge is 0.158 e. The van der Waals surface area contributed by atoms with Crippen LogP contribution in [0.25, 0.3) is 5.69 Å². The molecule has 2 atom stereocenters. The van der Waals surface area contributed by atoms with Crippen LogP contribution in [0, 0.1) is 11.3 Å². The number of benzene rings is 1. The second-order valence-corrected chi connectivity index (χ2v) is 7.56. The maximum absolute atomic E-state index is 8.79. The number of aromatic nitrogens is 4. The average Bonchev–Trinajstić information content (AvgIpc) is 3.35. The summed E-state index contributed by atoms with van der Waals surface area (Å²) in [5.74, 6) is 1.21. The van der Waals surface area contributed by atoms with Crippen molar-refractivity contribution in [3.63, 3.8) is 0 Å². The number of nitriles is 1. The normalized spacial score (nSPS) is 18.8. The van der Waals surface area contributed by atoms with Crippen molar-refractivity contribution in [3.05, 3.63) is 54.9 Å². The summed E-state index contributed by atoms with van der Waals surface area (Å²) in [6.07, 6.45) is 7.79. The highest BCUT2D eigenvalue weighted by Crippen LogP contribution is 2.28. The number of likely N-dealkylation sites (N-methyl/N-ethyl adjacent to an activating group) is 1. The monoisotopic (exact) mass is 388 g/mol. The Bertz CT molecular complexity index is 1000. The van der Waals surface area contributed by atoms with Gasteiger partial charge in [0.05, 0.1) is 18.6 Å². The third-order valence-corrected chi connectivity index (χ3v) is 5.37. The van der Waals surface area contributed by atoms with Crippen molar-refractivity contribution < 1.29 is 0 Å². The van der Waals surface area contributed by atoms with Crippen LogP contribution in [-0.4, -0.2) is 57.1 Å². The Morgan fingerprint density at radius 1 is 1.07 bits per heavy atom. The number of anilines is 3. The number of nitrogens with one attached hydrogen (secondary N) is 1. The van der Waals surface area contributed by atoms with Crippen molar-refractivity contribution in [1.29, 1.82) is 5.26 Å². The molecule has 0 spiro atoms. The van der Waals surface area contributed by atoms with Crippen LogP contribution < -0.4 is 10.2 Å². The van der Waals surface area contributed by atoms with Crippen LogP contribution in [0.4, 0.5) is 17.3 Å². The van der Waals surface area contributed by atoms with Gasteiger partial charge in [0.2, 0.25) is 0 Å². The first-order chi connectivity index (χ1) is 14.0. The highest BCUT2D eigenvalue weighted by atomic mass is 15.3. The number of hydrogen-bond acceptors (Lipinski definition) is 7. The Kier molecular flexibility index (Phi) is 5.14. The molecule has 0 bridgehead atoms. The van der Waals surface area contributed by atoms with Crippen molar-refractivity contribution in [2.24, 2.45) is 0 Å². The van der Waals surface area contributed by atoms with E-state index in [2.05, 4.69) is 75.4 Å². The minimum atomic E-state index is 0.283. The van der Waals surface area contributed by atoms with Crippen molar-refractivity contribution in [1.82, 2.24) is 24.4 Å². The van der Waals surface area contributed by atoms with Gasteiger partial charge in [-0.2, -0.15) is 5.26 Å². The average molecular weight is 388 g/mol. The fraction of sp³-hybridized carbons (Fsp3) is 0.333. The van der Waals surface area contributed by atoms with Gasteiger partial charge in [-0.05, 0) is 51.7 Å². The summed E-state index contributed by atoms with van der Waals surface area (Å²) >= 11 is 0. The number of nitrogens with zero attached hydrogens (tertiary/aromatic N) is 7. The lowest BCUT2D eigenvalue weighted by Gasteiger charge is -2.24. The minimum absolute atomic E-state index is 0.283. The fourth-order valence-electron chi connectivity index (χ4n) is 3.66. The number of hydrogen-bond donors (Lipinski definition) is 1. The Morgan fingerprint density at radius 3 is 2.45 bits per heavy atom. The van der Waals surface area contributed by atoms with Gasteiger partial charge in [0, 0.05) is 30.0 Å². The van der Waals surface area contributed by atoms with Gasteiger partial charge in [-0.1, -0.05) is 0 Å². The zero-order valence-corrected chi connectivity index (χ0v) is 16.8. The van der Waals surface area contributed by atoms with E-state index in [0.717, 1.165) is 12.2 Å². The molecule has 0 radical (unpaired) electrons. The van der Waals surface area contributed by atoms with E-state index < -0.39 is 0 Å². The molecule has 1 aliphatic rings. The van der Waals surface area contributed by atoms with E-state index in [1.807, 2.05) is 16.8 Å². The van der Waals surface area contributed by atoms with Crippen LogP contribution in [0.2, 0.25) is 0 Å². The van der Waals surface area contributed by atoms with E-state index in [1.165, 1.54) is 24.5 Å². The van der Waals surface area contributed by atoms with E-state index in [1.54, 1.807) is 6.33 Å². The largest absolute Gasteiger partial charge is 0.367 e. The Labute approximate surface area is 170 Å². The van der Waals surface area contributed by atoms with Gasteiger partial charge in [-0.25, -0.2) is 15.0 Å². The molecule has 0 amide bonds. The topological polar surface area (TPSA) is 85.9 Å². The molecule has 8 nitrogen and oxygen atoms in total. The maximum Gasteiger partial charge on any atom is 0.158 e. The molecule has 4 rings (SSSR count). The Hall–Kier alpha value is -3.44. The molecule has 1 N–H and O–H groups in total. The van der Waals surface area contributed by atoms with Crippen molar-refractivity contribution in [2.45, 2.75) is 25.4 Å². The molecule has 2 aromatic heterocycles. The maximum atomic E-state index is 8.79. The summed E-state index contributed by atoms with van der Waals surface area (Å²) in [4.78, 5) is 17.3. The molecule has 1 saturated heterocycles. The molecular formula is C21H24N8. The minimum Gasteiger partial charge on any atom is -0.367 e. The molecule has 29 heavy (non-hydrogen) atoms. The van der Waals surface area contributed by atoms with Gasteiger partial charge in [0.15, 0.2) is 5.69 Å². The summed E-state index contributed by atoms with van der Waals surface area (Å²) in [7, 11) is 4.30. The Balaban J connectivity index is 1.45. The van der Waals surface area contributed by atoms with Crippen LogP contribution >= 0.6 is 0 Å². The van der Waals surface area contributed by atoms with Gasteiger partial charge in [-0.15, -0.1) is 0 Å². The van der Waals surface area contributed by atoms with E-state index in [9.17, 15) is 0 Å². The van der Waals surface area contributed by atoms with Crippen LogP contribution in [0.15, 0.2) is 49.2 Å². The summed E-state index contributed by atoms with van der Waals surface area (Å²) in [5, 5.41) is 11.9. The summed E-state index contributed by atoms with van der Waals surface area (Å²) < 4.78 is 1.96. The molecular weight excluding hydrogens is 364 g/mol. The number of rotatable bonds is 5. The molecule has 3 aromatic rings. The van der Waals surface area contributed by atoms with Gasteiger partial charge in [0.25, 0.3) is 0 Å². The lowest BCUT2D eigenvalue weighted by atomic mass is 10.2. The highest BCUT2D eigenvalue weighted by Gasteiger charge is 2.30. The second kappa shape index (κ2) is 7.89. The SMILES string of the molecule is C[C@@H]1C[C@@H](N(C)C)CN1c1ccc(-n2cnc(Nc3cnc(C#N)cn3)c2)cc1. The van der Waals surface area contributed by atoms with Crippen molar-refractivity contribution >= 4 is 17.3 Å². The summed E-state index contributed by atoms with van der Waals surface area (Å²) in [6, 6.07) is 11.6. The van der Waals surface area contributed by atoms with Crippen LogP contribution in [-0.2, 0) is 0 Å². The van der Waals surface area contributed by atoms with E-state index in [-0.39, 0.29) is 5.69 Å². The molecule has 0 unspecified atom stereocenters. The molecule has 8 heteroatoms. The zero-order chi connectivity index (χ0) is 20.4. The van der Waals surface area contributed by atoms with E-state index >= 15 is 0 Å². The molecule has 1 fully saturated rings. The third-order valence-electron chi connectivity index (χ3n) is 5.37. The van der Waals surface area contributed by atoms with Crippen molar-refractivity contribution in [2.75, 3.05) is 30.9 Å². The van der Waals surface area contributed by atoms with Crippen LogP contribution in [0.5, 0.6) is 0 Å². The van der Waals surface area contributed by atoms with Gasteiger partial charge in [0.1, 0.15) is 24.0 Å². The quantitative estimate of drug-likeness (QED) is 0.719. The number of imidazole rings is 1. The third kappa shape index (κ3) is 4.05. The molecule has 0 aliphatic carbocycles. The van der Waals surface area contributed by atoms with Gasteiger partial charge >= 0.3 is 0 Å². The predicted octanol–water partition coefficient (Wildman–Crippen LogP) is 2.81. The standard InChI is InChI=1S/C21H24N8/c1-15-8-19(27(2)3)12-29(15)18-6-4-17(5-7-18)28-13-21(25-14-28)26-20-11-23-16(9-22)10-24-20/h4-7,10-11,13-15,19H,8,12H2,1-3H3,(H,24,26)/t15-,19-/m1/s1.